The van der Waals surface area contributed by atoms with E-state index in [1.165, 1.54) is 38.5 Å². The third-order valence-corrected chi connectivity index (χ3v) is 14.1. The number of rotatable bonds is 4. The molecule has 0 radical (unpaired) electrons. The molecule has 2 spiro atoms. The summed E-state index contributed by atoms with van der Waals surface area (Å²) in [5.74, 6) is 5.39. The molecule has 0 heteroatoms. The number of allylic oxidation sites excluding steroid dienone is 2. The van der Waals surface area contributed by atoms with Crippen molar-refractivity contribution in [2.75, 3.05) is 0 Å². The molecule has 0 saturated heterocycles. The first-order valence-corrected chi connectivity index (χ1v) is 14.5. The summed E-state index contributed by atoms with van der Waals surface area (Å²) in [6.45, 7) is 23.0. The molecule has 0 unspecified atom stereocenters. The second-order valence-electron chi connectivity index (χ2n) is 15.2. The predicted octanol–water partition coefficient (Wildman–Crippen LogP) is 9.69. The van der Waals surface area contributed by atoms with E-state index in [4.69, 9.17) is 0 Å². The highest BCUT2D eigenvalue weighted by Crippen LogP contribution is 2.89. The highest BCUT2D eigenvalue weighted by molar-refractivity contribution is 5.30. The Balaban J connectivity index is 1.41. The molecular weight excluding hydrogens is 384 g/mol. The Morgan fingerprint density at radius 3 is 2.16 bits per heavy atom. The Morgan fingerprint density at radius 1 is 0.812 bits per heavy atom. The molecule has 0 aromatic carbocycles. The molecule has 5 aliphatic carbocycles. The van der Waals surface area contributed by atoms with Gasteiger partial charge in [0.1, 0.15) is 0 Å². The minimum Gasteiger partial charge on any atom is -0.0851 e. The van der Waals surface area contributed by atoms with Gasteiger partial charge in [0, 0.05) is 0 Å². The molecule has 0 amide bonds. The van der Waals surface area contributed by atoms with Crippen molar-refractivity contribution in [2.45, 2.75) is 127 Å². The van der Waals surface area contributed by atoms with Crippen molar-refractivity contribution >= 4 is 0 Å². The van der Waals surface area contributed by atoms with E-state index in [9.17, 15) is 0 Å². The van der Waals surface area contributed by atoms with E-state index >= 15 is 0 Å². The van der Waals surface area contributed by atoms with E-state index in [1.54, 1.807) is 31.3 Å². The molecule has 0 N–H and O–H groups in total. The molecule has 0 aliphatic heterocycles. The average Bonchev–Trinajstić information content (AvgIpc) is 3.31. The third kappa shape index (κ3) is 2.74. The van der Waals surface area contributed by atoms with Crippen molar-refractivity contribution < 1.29 is 0 Å². The van der Waals surface area contributed by atoms with Crippen LogP contribution < -0.4 is 0 Å². The van der Waals surface area contributed by atoms with Crippen molar-refractivity contribution in [3.8, 4) is 0 Å². The summed E-state index contributed by atoms with van der Waals surface area (Å²) in [6.07, 6.45) is 17.7. The van der Waals surface area contributed by atoms with Gasteiger partial charge in [-0.15, -0.1) is 0 Å². The average molecular weight is 439 g/mol. The zero-order chi connectivity index (χ0) is 23.3. The van der Waals surface area contributed by atoms with Crippen molar-refractivity contribution in [1.82, 2.24) is 0 Å². The maximum absolute atomic E-state index is 2.80. The van der Waals surface area contributed by atoms with Crippen LogP contribution in [0.2, 0.25) is 0 Å². The van der Waals surface area contributed by atoms with Gasteiger partial charge in [-0.3, -0.25) is 0 Å². The lowest BCUT2D eigenvalue weighted by Gasteiger charge is -2.63. The Bertz CT molecular complexity index is 786. The third-order valence-electron chi connectivity index (χ3n) is 14.1. The first kappa shape index (κ1) is 23.5. The van der Waals surface area contributed by atoms with E-state index in [0.29, 0.717) is 22.2 Å². The van der Waals surface area contributed by atoms with Gasteiger partial charge in [-0.1, -0.05) is 67.0 Å². The van der Waals surface area contributed by atoms with Crippen LogP contribution in [0.1, 0.15) is 127 Å². The largest absolute Gasteiger partial charge is 0.0851 e. The lowest BCUT2D eigenvalue weighted by atomic mass is 9.41. The number of hydrogen-bond acceptors (Lipinski definition) is 0. The highest BCUT2D eigenvalue weighted by Gasteiger charge is 2.81. The maximum atomic E-state index is 2.80. The first-order chi connectivity index (χ1) is 14.9. The van der Waals surface area contributed by atoms with Gasteiger partial charge in [-0.25, -0.2) is 0 Å². The van der Waals surface area contributed by atoms with Crippen molar-refractivity contribution in [2.24, 2.45) is 62.6 Å². The van der Waals surface area contributed by atoms with Crippen molar-refractivity contribution in [3.63, 3.8) is 0 Å². The zero-order valence-electron chi connectivity index (χ0n) is 23.1. The minimum atomic E-state index is 0.557. The van der Waals surface area contributed by atoms with Crippen LogP contribution in [0.15, 0.2) is 11.6 Å². The Labute approximate surface area is 200 Å². The molecule has 9 atom stereocenters. The van der Waals surface area contributed by atoms with Crippen LogP contribution in [0, 0.1) is 62.6 Å². The normalized spacial score (nSPS) is 52.6. The molecule has 5 rings (SSSR count). The quantitative estimate of drug-likeness (QED) is 0.383. The minimum absolute atomic E-state index is 0.557. The smallest absolute Gasteiger partial charge is 0.0198 e. The van der Waals surface area contributed by atoms with Gasteiger partial charge in [0.05, 0.1) is 0 Å². The van der Waals surface area contributed by atoms with Gasteiger partial charge in [0.2, 0.25) is 0 Å². The predicted molar refractivity (Wildman–Crippen MR) is 138 cm³/mol. The second kappa shape index (κ2) is 7.13. The Morgan fingerprint density at radius 2 is 1.47 bits per heavy atom. The summed E-state index contributed by atoms with van der Waals surface area (Å²) in [7, 11) is 0. The lowest BCUT2D eigenvalue weighted by Crippen LogP contribution is -2.56. The van der Waals surface area contributed by atoms with Gasteiger partial charge in [0.15, 0.2) is 0 Å². The molecule has 5 aliphatic rings. The number of hydrogen-bond donors (Lipinski definition) is 0. The fraction of sp³-hybridized carbons (Fsp3) is 0.938. The van der Waals surface area contributed by atoms with E-state index in [-0.39, 0.29) is 0 Å². The van der Waals surface area contributed by atoms with Crippen LogP contribution in [-0.2, 0) is 0 Å². The van der Waals surface area contributed by atoms with E-state index < -0.39 is 0 Å². The van der Waals surface area contributed by atoms with Crippen LogP contribution >= 0.6 is 0 Å². The highest BCUT2D eigenvalue weighted by atomic mass is 14.9. The summed E-state index contributed by atoms with van der Waals surface area (Å²) < 4.78 is 0. The SMILES string of the molecule is C/C(=C\C[C@@H](C)[C@H]1CC[C@@]2(C)[C@@H]3CC[C@H]4C(C)(C)[C@@H](C)CC[C@@]45C[C@@]35CC[C@]12C)C(C)C. The second-order valence-corrected chi connectivity index (χ2v) is 15.2. The van der Waals surface area contributed by atoms with E-state index in [2.05, 4.69) is 68.4 Å². The summed E-state index contributed by atoms with van der Waals surface area (Å²) >= 11 is 0. The summed E-state index contributed by atoms with van der Waals surface area (Å²) in [4.78, 5) is 0. The zero-order valence-corrected chi connectivity index (χ0v) is 23.1. The molecule has 182 valence electrons. The van der Waals surface area contributed by atoms with Crippen molar-refractivity contribution in [1.29, 1.82) is 0 Å². The summed E-state index contributed by atoms with van der Waals surface area (Å²) in [6, 6.07) is 0. The van der Waals surface area contributed by atoms with Crippen molar-refractivity contribution in [3.05, 3.63) is 11.6 Å². The molecule has 5 saturated carbocycles. The molecule has 0 nitrogen and oxygen atoms in total. The molecule has 0 aromatic rings. The lowest BCUT2D eigenvalue weighted by molar-refractivity contribution is -0.149. The summed E-state index contributed by atoms with van der Waals surface area (Å²) in [5, 5.41) is 0. The Kier molecular flexibility index (Phi) is 5.23. The van der Waals surface area contributed by atoms with Gasteiger partial charge in [-0.05, 0) is 134 Å². The first-order valence-electron chi connectivity index (χ1n) is 14.5. The van der Waals surface area contributed by atoms with Gasteiger partial charge >= 0.3 is 0 Å². The van der Waals surface area contributed by atoms with Crippen LogP contribution in [0.3, 0.4) is 0 Å². The Hall–Kier alpha value is -0.260. The fourth-order valence-electron chi connectivity index (χ4n) is 11.3. The van der Waals surface area contributed by atoms with Crippen LogP contribution in [-0.4, -0.2) is 0 Å². The molecule has 0 heterocycles. The molecule has 32 heavy (non-hydrogen) atoms. The molecule has 0 bridgehead atoms. The fourth-order valence-corrected chi connectivity index (χ4v) is 11.3. The van der Waals surface area contributed by atoms with Crippen LogP contribution in [0.5, 0.6) is 0 Å². The van der Waals surface area contributed by atoms with Gasteiger partial charge < -0.3 is 0 Å². The van der Waals surface area contributed by atoms with Gasteiger partial charge in [0.25, 0.3) is 0 Å². The van der Waals surface area contributed by atoms with E-state index in [1.807, 2.05) is 0 Å². The monoisotopic (exact) mass is 438 g/mol. The van der Waals surface area contributed by atoms with E-state index in [0.717, 1.165) is 40.4 Å². The standard InChI is InChI=1S/C32H54/c1-21(2)22(3)10-11-23(4)25-15-16-30(9)27-13-12-26-28(6,7)24(5)14-17-31(26)20-32(27,31)19-18-29(25,30)8/h10,21,23-27H,11-20H2,1-9H3/b22-10+/t23-,24+,25-,26+,27+,29-,30+,31-,32+/m1/s1. The molecular formula is C32H54. The van der Waals surface area contributed by atoms with Crippen LogP contribution in [0.4, 0.5) is 0 Å². The molecule has 5 fully saturated rings. The molecule has 0 aromatic heterocycles. The topological polar surface area (TPSA) is 0 Å². The number of fused-ring (bicyclic) bond motifs is 2. The van der Waals surface area contributed by atoms with Gasteiger partial charge in [-0.2, -0.15) is 0 Å². The van der Waals surface area contributed by atoms with Crippen LogP contribution in [0.25, 0.3) is 0 Å². The maximum Gasteiger partial charge on any atom is -0.0198 e. The summed E-state index contributed by atoms with van der Waals surface area (Å²) in [5.41, 5.74) is 4.77.